The maximum absolute atomic E-state index is 13.2. The van der Waals surface area contributed by atoms with Gasteiger partial charge in [0.2, 0.25) is 0 Å². The highest BCUT2D eigenvalue weighted by Gasteiger charge is 2.14. The topological polar surface area (TPSA) is 39.2 Å². The van der Waals surface area contributed by atoms with Crippen LogP contribution in [0.15, 0.2) is 41.1 Å². The molecule has 0 bridgehead atoms. The average molecular weight is 324 g/mol. The minimum atomic E-state index is -0.368. The number of aromatic nitrogens is 1. The van der Waals surface area contributed by atoms with Crippen LogP contribution in [0.3, 0.4) is 0 Å². The molecule has 0 radical (unpaired) electrons. The van der Waals surface area contributed by atoms with E-state index in [1.807, 2.05) is 0 Å². The number of carbonyl (C=O) groups is 1. The standard InChI is InChI=1S/C14H11BrFNO2/c1-19-14-8-17-5-4-11(14)13(18)7-9-6-10(16)2-3-12(9)15/h2-6,8H,7H2,1H3. The first-order valence-electron chi connectivity index (χ1n) is 5.57. The highest BCUT2D eigenvalue weighted by molar-refractivity contribution is 9.10. The molecule has 0 amide bonds. The van der Waals surface area contributed by atoms with E-state index in [1.165, 1.54) is 31.6 Å². The average Bonchev–Trinajstić information content (AvgIpc) is 2.42. The largest absolute Gasteiger partial charge is 0.494 e. The molecule has 1 heterocycles. The molecule has 0 spiro atoms. The van der Waals surface area contributed by atoms with Gasteiger partial charge in [-0.1, -0.05) is 15.9 Å². The number of halogens is 2. The van der Waals surface area contributed by atoms with Crippen LogP contribution in [0, 0.1) is 5.82 Å². The fraction of sp³-hybridized carbons (Fsp3) is 0.143. The number of Topliss-reactive ketones (excluding diaryl/α,β-unsaturated/α-hetero) is 1. The minimum absolute atomic E-state index is 0.0959. The van der Waals surface area contributed by atoms with Crippen LogP contribution >= 0.6 is 15.9 Å². The zero-order valence-corrected chi connectivity index (χ0v) is 11.8. The molecule has 1 aromatic heterocycles. The van der Waals surface area contributed by atoms with Gasteiger partial charge in [0.05, 0.1) is 18.9 Å². The number of methoxy groups -OCH3 is 1. The molecule has 0 aliphatic heterocycles. The van der Waals surface area contributed by atoms with Crippen LogP contribution in [-0.4, -0.2) is 17.9 Å². The second kappa shape index (κ2) is 5.93. The number of hydrogen-bond acceptors (Lipinski definition) is 3. The van der Waals surface area contributed by atoms with E-state index in [-0.39, 0.29) is 18.0 Å². The summed E-state index contributed by atoms with van der Waals surface area (Å²) in [6, 6.07) is 5.86. The third-order valence-corrected chi connectivity index (χ3v) is 3.44. The zero-order valence-electron chi connectivity index (χ0n) is 10.2. The summed E-state index contributed by atoms with van der Waals surface area (Å²) in [7, 11) is 1.48. The van der Waals surface area contributed by atoms with Gasteiger partial charge < -0.3 is 4.74 Å². The van der Waals surface area contributed by atoms with Crippen molar-refractivity contribution in [3.63, 3.8) is 0 Å². The molecule has 1 aromatic carbocycles. The second-order valence-corrected chi connectivity index (χ2v) is 4.77. The number of rotatable bonds is 4. The third-order valence-electron chi connectivity index (χ3n) is 2.66. The van der Waals surface area contributed by atoms with Crippen molar-refractivity contribution in [2.75, 3.05) is 7.11 Å². The summed E-state index contributed by atoms with van der Waals surface area (Å²) in [5, 5.41) is 0. The maximum atomic E-state index is 13.2. The monoisotopic (exact) mass is 323 g/mol. The molecule has 0 aliphatic carbocycles. The summed E-state index contributed by atoms with van der Waals surface area (Å²) in [6.07, 6.45) is 3.10. The first-order valence-corrected chi connectivity index (χ1v) is 6.36. The lowest BCUT2D eigenvalue weighted by molar-refractivity contribution is 0.0989. The van der Waals surface area contributed by atoms with E-state index in [0.29, 0.717) is 21.3 Å². The molecule has 0 saturated heterocycles. The van der Waals surface area contributed by atoms with Gasteiger partial charge in [-0.15, -0.1) is 0 Å². The predicted molar refractivity (Wildman–Crippen MR) is 72.9 cm³/mol. The Bertz CT molecular complexity index is 616. The van der Waals surface area contributed by atoms with Crippen LogP contribution in [0.25, 0.3) is 0 Å². The smallest absolute Gasteiger partial charge is 0.171 e. The van der Waals surface area contributed by atoms with Crippen molar-refractivity contribution in [1.29, 1.82) is 0 Å². The van der Waals surface area contributed by atoms with Crippen molar-refractivity contribution in [3.8, 4) is 5.75 Å². The van der Waals surface area contributed by atoms with Crippen LogP contribution < -0.4 is 4.74 Å². The van der Waals surface area contributed by atoms with E-state index in [4.69, 9.17) is 4.74 Å². The first kappa shape index (κ1) is 13.7. The Hall–Kier alpha value is -1.75. The van der Waals surface area contributed by atoms with E-state index in [0.717, 1.165) is 0 Å². The molecule has 2 rings (SSSR count). The number of benzene rings is 1. The summed E-state index contributed by atoms with van der Waals surface area (Å²) >= 11 is 3.30. The van der Waals surface area contributed by atoms with Gasteiger partial charge in [0, 0.05) is 17.1 Å². The van der Waals surface area contributed by atoms with Crippen molar-refractivity contribution in [2.45, 2.75) is 6.42 Å². The summed E-state index contributed by atoms with van der Waals surface area (Å²) in [5.41, 5.74) is 1.04. The quantitative estimate of drug-likeness (QED) is 0.809. The van der Waals surface area contributed by atoms with E-state index in [1.54, 1.807) is 12.1 Å². The molecule has 3 nitrogen and oxygen atoms in total. The van der Waals surface area contributed by atoms with Crippen molar-refractivity contribution in [3.05, 3.63) is 58.1 Å². The first-order chi connectivity index (χ1) is 9.11. The van der Waals surface area contributed by atoms with Crippen molar-refractivity contribution in [2.24, 2.45) is 0 Å². The Morgan fingerprint density at radius 3 is 2.95 bits per heavy atom. The van der Waals surface area contributed by atoms with E-state index in [2.05, 4.69) is 20.9 Å². The van der Waals surface area contributed by atoms with Crippen LogP contribution in [0.4, 0.5) is 4.39 Å². The molecular weight excluding hydrogens is 313 g/mol. The number of carbonyl (C=O) groups excluding carboxylic acids is 1. The number of ether oxygens (including phenoxy) is 1. The van der Waals surface area contributed by atoms with Crippen LogP contribution in [0.5, 0.6) is 5.75 Å². The lowest BCUT2D eigenvalue weighted by atomic mass is 10.0. The fourth-order valence-corrected chi connectivity index (χ4v) is 2.11. The molecule has 0 aliphatic rings. The summed E-state index contributed by atoms with van der Waals surface area (Å²) < 4.78 is 19.0. The third kappa shape index (κ3) is 3.17. The zero-order chi connectivity index (χ0) is 13.8. The van der Waals surface area contributed by atoms with Gasteiger partial charge in [-0.05, 0) is 29.8 Å². The molecule has 0 fully saturated rings. The molecule has 98 valence electrons. The Kier molecular flexibility index (Phi) is 4.27. The van der Waals surface area contributed by atoms with Crippen molar-refractivity contribution < 1.29 is 13.9 Å². The maximum Gasteiger partial charge on any atom is 0.171 e. The lowest BCUT2D eigenvalue weighted by Gasteiger charge is -2.08. The van der Waals surface area contributed by atoms with Crippen LogP contribution in [0.1, 0.15) is 15.9 Å². The number of nitrogens with zero attached hydrogens (tertiary/aromatic N) is 1. The van der Waals surface area contributed by atoms with Gasteiger partial charge in [0.15, 0.2) is 5.78 Å². The van der Waals surface area contributed by atoms with E-state index >= 15 is 0 Å². The Balaban J connectivity index is 2.28. The molecule has 2 aromatic rings. The number of ketones is 1. The Labute approximate surface area is 118 Å². The van der Waals surface area contributed by atoms with Crippen molar-refractivity contribution >= 4 is 21.7 Å². The number of pyridine rings is 1. The van der Waals surface area contributed by atoms with Gasteiger partial charge in [-0.25, -0.2) is 4.39 Å². The van der Waals surface area contributed by atoms with Crippen LogP contribution in [-0.2, 0) is 6.42 Å². The Morgan fingerprint density at radius 2 is 2.21 bits per heavy atom. The molecule has 19 heavy (non-hydrogen) atoms. The minimum Gasteiger partial charge on any atom is -0.494 e. The molecular formula is C14H11BrFNO2. The Morgan fingerprint density at radius 1 is 1.42 bits per heavy atom. The second-order valence-electron chi connectivity index (χ2n) is 3.91. The molecule has 0 saturated carbocycles. The SMILES string of the molecule is COc1cnccc1C(=O)Cc1cc(F)ccc1Br. The van der Waals surface area contributed by atoms with Gasteiger partial charge >= 0.3 is 0 Å². The van der Waals surface area contributed by atoms with Gasteiger partial charge in [0.25, 0.3) is 0 Å². The van der Waals surface area contributed by atoms with E-state index < -0.39 is 0 Å². The van der Waals surface area contributed by atoms with E-state index in [9.17, 15) is 9.18 Å². The molecule has 0 N–H and O–H groups in total. The fourth-order valence-electron chi connectivity index (χ4n) is 1.72. The lowest BCUT2D eigenvalue weighted by Crippen LogP contribution is -2.06. The normalized spacial score (nSPS) is 10.3. The summed E-state index contributed by atoms with van der Waals surface area (Å²) in [4.78, 5) is 16.1. The van der Waals surface area contributed by atoms with Crippen molar-refractivity contribution in [1.82, 2.24) is 4.98 Å². The summed E-state index contributed by atoms with van der Waals surface area (Å²) in [5.74, 6) is -0.0988. The molecule has 0 atom stereocenters. The molecule has 5 heteroatoms. The summed E-state index contributed by atoms with van der Waals surface area (Å²) in [6.45, 7) is 0. The van der Waals surface area contributed by atoms with Gasteiger partial charge in [-0.3, -0.25) is 9.78 Å². The highest BCUT2D eigenvalue weighted by atomic mass is 79.9. The van der Waals surface area contributed by atoms with Gasteiger partial charge in [0.1, 0.15) is 11.6 Å². The van der Waals surface area contributed by atoms with Gasteiger partial charge in [-0.2, -0.15) is 0 Å². The number of hydrogen-bond donors (Lipinski definition) is 0. The molecule has 0 unspecified atom stereocenters. The van der Waals surface area contributed by atoms with Crippen LogP contribution in [0.2, 0.25) is 0 Å². The highest BCUT2D eigenvalue weighted by Crippen LogP contribution is 2.22. The predicted octanol–water partition coefficient (Wildman–Crippen LogP) is 3.42.